The van der Waals surface area contributed by atoms with Gasteiger partial charge in [-0.25, -0.2) is 0 Å². The van der Waals surface area contributed by atoms with Crippen molar-refractivity contribution >= 4 is 6.21 Å². The van der Waals surface area contributed by atoms with Gasteiger partial charge in [0.05, 0.1) is 5.54 Å². The third kappa shape index (κ3) is 2.83. The van der Waals surface area contributed by atoms with E-state index < -0.39 is 0 Å². The summed E-state index contributed by atoms with van der Waals surface area (Å²) in [6, 6.07) is 0. The second-order valence-corrected chi connectivity index (χ2v) is 5.01. The second-order valence-electron chi connectivity index (χ2n) is 5.01. The molecule has 1 heterocycles. The first kappa shape index (κ1) is 11.2. The minimum absolute atomic E-state index is 0.0217. The first-order valence-corrected chi connectivity index (χ1v) is 5.32. The van der Waals surface area contributed by atoms with E-state index in [1.807, 2.05) is 0 Å². The molecule has 1 rings (SSSR count). The number of hydrogen-bond donors (Lipinski definition) is 0. The van der Waals surface area contributed by atoms with Gasteiger partial charge in [-0.05, 0) is 20.3 Å². The molecule has 0 bridgehead atoms. The lowest BCUT2D eigenvalue weighted by atomic mass is 9.89. The zero-order valence-electron chi connectivity index (χ0n) is 9.96. The van der Waals surface area contributed by atoms with E-state index >= 15 is 0 Å². The van der Waals surface area contributed by atoms with Gasteiger partial charge in [0.1, 0.15) is 0 Å². The van der Waals surface area contributed by atoms with Crippen LogP contribution in [0.2, 0.25) is 0 Å². The van der Waals surface area contributed by atoms with Crippen LogP contribution in [0.3, 0.4) is 0 Å². The van der Waals surface area contributed by atoms with E-state index in [1.54, 1.807) is 0 Å². The maximum absolute atomic E-state index is 4.68. The topological polar surface area (TPSA) is 12.4 Å². The molecule has 1 atom stereocenters. The quantitative estimate of drug-likeness (QED) is 0.598. The molecule has 78 valence electrons. The van der Waals surface area contributed by atoms with Gasteiger partial charge in [0.2, 0.25) is 0 Å². The molecule has 0 N–H and O–H groups in total. The van der Waals surface area contributed by atoms with E-state index in [9.17, 15) is 0 Å². The normalized spacial score (nSPS) is 30.8. The van der Waals surface area contributed by atoms with Crippen molar-refractivity contribution in [3.05, 3.63) is 23.8 Å². The highest BCUT2D eigenvalue weighted by atomic mass is 14.8. The van der Waals surface area contributed by atoms with E-state index in [1.165, 1.54) is 5.57 Å². The predicted molar refractivity (Wildman–Crippen MR) is 63.9 cm³/mol. The van der Waals surface area contributed by atoms with E-state index in [2.05, 4.69) is 64.1 Å². The van der Waals surface area contributed by atoms with Crippen molar-refractivity contribution in [3.63, 3.8) is 0 Å². The fourth-order valence-electron chi connectivity index (χ4n) is 1.47. The standard InChI is InChI=1S/C13H21N/c1-6-13(5)9-11(2)7-8-12(3,4)10-14-13/h7-10H,6H2,1-5H3. The molecule has 1 heteroatoms. The van der Waals surface area contributed by atoms with Crippen molar-refractivity contribution in [2.45, 2.75) is 46.6 Å². The van der Waals surface area contributed by atoms with Crippen LogP contribution in [0, 0.1) is 5.41 Å². The highest BCUT2D eigenvalue weighted by Crippen LogP contribution is 2.25. The molecular weight excluding hydrogens is 170 g/mol. The molecule has 0 spiro atoms. The van der Waals surface area contributed by atoms with Crippen molar-refractivity contribution in [2.24, 2.45) is 10.4 Å². The van der Waals surface area contributed by atoms with Gasteiger partial charge in [-0.15, -0.1) is 0 Å². The predicted octanol–water partition coefficient (Wildman–Crippen LogP) is 3.77. The summed E-state index contributed by atoms with van der Waals surface area (Å²) in [7, 11) is 0. The number of nitrogens with zero attached hydrogens (tertiary/aromatic N) is 1. The fraction of sp³-hybridized carbons (Fsp3) is 0.615. The van der Waals surface area contributed by atoms with Crippen molar-refractivity contribution in [2.75, 3.05) is 0 Å². The maximum Gasteiger partial charge on any atom is 0.0759 e. The highest BCUT2D eigenvalue weighted by Gasteiger charge is 2.20. The van der Waals surface area contributed by atoms with Crippen molar-refractivity contribution in [1.29, 1.82) is 0 Å². The largest absolute Gasteiger partial charge is 0.286 e. The minimum Gasteiger partial charge on any atom is -0.286 e. The Balaban J connectivity index is 3.11. The molecule has 0 fully saturated rings. The number of allylic oxidation sites excluding steroid dienone is 3. The lowest BCUT2D eigenvalue weighted by Crippen LogP contribution is -2.22. The van der Waals surface area contributed by atoms with Gasteiger partial charge in [0.25, 0.3) is 0 Å². The maximum atomic E-state index is 4.68. The Kier molecular flexibility index (Phi) is 2.98. The van der Waals surface area contributed by atoms with Gasteiger partial charge >= 0.3 is 0 Å². The monoisotopic (exact) mass is 191 g/mol. The number of rotatable bonds is 1. The molecule has 0 radical (unpaired) electrons. The van der Waals surface area contributed by atoms with Gasteiger partial charge in [-0.1, -0.05) is 44.6 Å². The molecule has 14 heavy (non-hydrogen) atoms. The third-order valence-corrected chi connectivity index (χ3v) is 2.72. The molecule has 0 aromatic carbocycles. The molecule has 0 aromatic heterocycles. The van der Waals surface area contributed by atoms with E-state index in [0.29, 0.717) is 0 Å². The van der Waals surface area contributed by atoms with Crippen LogP contribution >= 0.6 is 0 Å². The van der Waals surface area contributed by atoms with Crippen LogP contribution in [0.15, 0.2) is 28.8 Å². The Morgan fingerprint density at radius 2 is 1.93 bits per heavy atom. The van der Waals surface area contributed by atoms with Gasteiger partial charge in [-0.2, -0.15) is 0 Å². The van der Waals surface area contributed by atoms with Crippen molar-refractivity contribution in [3.8, 4) is 0 Å². The molecule has 0 saturated heterocycles. The first-order chi connectivity index (χ1) is 6.37. The Morgan fingerprint density at radius 3 is 2.50 bits per heavy atom. The Hall–Kier alpha value is -0.850. The SMILES string of the molecule is CCC1(C)C=C(C)C=CC(C)(C)C=N1. The Bertz CT molecular complexity index is 294. The fourth-order valence-corrected chi connectivity index (χ4v) is 1.47. The molecule has 1 aliphatic heterocycles. The Morgan fingerprint density at radius 1 is 1.29 bits per heavy atom. The van der Waals surface area contributed by atoms with Crippen LogP contribution in [-0.2, 0) is 0 Å². The lowest BCUT2D eigenvalue weighted by Gasteiger charge is -2.25. The zero-order valence-corrected chi connectivity index (χ0v) is 9.96. The van der Waals surface area contributed by atoms with Gasteiger partial charge in [-0.3, -0.25) is 4.99 Å². The van der Waals surface area contributed by atoms with E-state index in [-0.39, 0.29) is 11.0 Å². The van der Waals surface area contributed by atoms with E-state index in [0.717, 1.165) is 6.42 Å². The molecule has 0 saturated carbocycles. The third-order valence-electron chi connectivity index (χ3n) is 2.72. The molecule has 0 amide bonds. The van der Waals surface area contributed by atoms with Crippen LogP contribution in [0.5, 0.6) is 0 Å². The summed E-state index contributed by atoms with van der Waals surface area (Å²) < 4.78 is 0. The average molecular weight is 191 g/mol. The summed E-state index contributed by atoms with van der Waals surface area (Å²) in [6.07, 6.45) is 9.76. The first-order valence-electron chi connectivity index (χ1n) is 5.32. The molecule has 0 aromatic rings. The van der Waals surface area contributed by atoms with Gasteiger partial charge in [0, 0.05) is 11.6 Å². The minimum atomic E-state index is -0.0217. The molecular formula is C13H21N. The molecule has 1 aliphatic rings. The smallest absolute Gasteiger partial charge is 0.0759 e. The lowest BCUT2D eigenvalue weighted by molar-refractivity contribution is 0.552. The highest BCUT2D eigenvalue weighted by molar-refractivity contribution is 5.69. The molecule has 1 nitrogen and oxygen atoms in total. The zero-order chi connectivity index (χ0) is 10.8. The second kappa shape index (κ2) is 3.72. The summed E-state index contributed by atoms with van der Waals surface area (Å²) in [6.45, 7) is 10.9. The number of aliphatic imine (C=N–C) groups is 1. The summed E-state index contributed by atoms with van der Waals surface area (Å²) in [4.78, 5) is 4.68. The van der Waals surface area contributed by atoms with Gasteiger partial charge in [0.15, 0.2) is 0 Å². The average Bonchev–Trinajstić information content (AvgIpc) is 2.11. The van der Waals surface area contributed by atoms with Crippen LogP contribution < -0.4 is 0 Å². The van der Waals surface area contributed by atoms with Crippen LogP contribution in [0.25, 0.3) is 0 Å². The van der Waals surface area contributed by atoms with Crippen LogP contribution in [-0.4, -0.2) is 11.8 Å². The van der Waals surface area contributed by atoms with Crippen LogP contribution in [0.1, 0.15) is 41.0 Å². The summed E-state index contributed by atoms with van der Waals surface area (Å²) in [5.74, 6) is 0. The Labute approximate surface area is 87.6 Å². The number of hydrogen-bond acceptors (Lipinski definition) is 1. The van der Waals surface area contributed by atoms with E-state index in [4.69, 9.17) is 0 Å². The summed E-state index contributed by atoms with van der Waals surface area (Å²) in [5, 5.41) is 0. The van der Waals surface area contributed by atoms with Crippen molar-refractivity contribution in [1.82, 2.24) is 0 Å². The van der Waals surface area contributed by atoms with Gasteiger partial charge < -0.3 is 0 Å². The molecule has 1 unspecified atom stereocenters. The van der Waals surface area contributed by atoms with Crippen molar-refractivity contribution < 1.29 is 0 Å². The summed E-state index contributed by atoms with van der Waals surface area (Å²) in [5.41, 5.74) is 1.36. The summed E-state index contributed by atoms with van der Waals surface area (Å²) >= 11 is 0. The van der Waals surface area contributed by atoms with Crippen LogP contribution in [0.4, 0.5) is 0 Å². The molecule has 0 aliphatic carbocycles.